The first-order valence-electron chi connectivity index (χ1n) is 6.90. The molecule has 3 nitrogen and oxygen atoms in total. The number of hydrogen-bond donors (Lipinski definition) is 0. The number of halogens is 1. The van der Waals surface area contributed by atoms with Crippen molar-refractivity contribution in [2.45, 2.75) is 33.1 Å². The highest BCUT2D eigenvalue weighted by Gasteiger charge is 2.22. The van der Waals surface area contributed by atoms with Crippen molar-refractivity contribution in [1.29, 1.82) is 0 Å². The minimum Gasteiger partial charge on any atom is -0.454 e. The van der Waals surface area contributed by atoms with Crippen molar-refractivity contribution in [2.75, 3.05) is 0 Å². The molecule has 0 saturated heterocycles. The Labute approximate surface area is 129 Å². The van der Waals surface area contributed by atoms with Crippen LogP contribution in [0.2, 0.25) is 5.15 Å². The van der Waals surface area contributed by atoms with Crippen LogP contribution in [0.1, 0.15) is 32.2 Å². The van der Waals surface area contributed by atoms with Gasteiger partial charge in [0.25, 0.3) is 0 Å². The van der Waals surface area contributed by atoms with Crippen LogP contribution in [0.5, 0.6) is 0 Å². The topological polar surface area (TPSA) is 38.9 Å². The molecule has 21 heavy (non-hydrogen) atoms. The molecule has 0 amide bonds. The fraction of sp³-hybridized carbons (Fsp3) is 0.294. The molecule has 0 aliphatic carbocycles. The van der Waals surface area contributed by atoms with Gasteiger partial charge in [0.1, 0.15) is 22.3 Å². The number of para-hydroxylation sites is 1. The van der Waals surface area contributed by atoms with Crippen LogP contribution in [0, 0.1) is 6.92 Å². The summed E-state index contributed by atoms with van der Waals surface area (Å²) < 4.78 is 5.91. The van der Waals surface area contributed by atoms with Gasteiger partial charge >= 0.3 is 0 Å². The Morgan fingerprint density at radius 3 is 2.48 bits per heavy atom. The van der Waals surface area contributed by atoms with Crippen molar-refractivity contribution in [3.63, 3.8) is 0 Å². The Kier molecular flexibility index (Phi) is 3.25. The van der Waals surface area contributed by atoms with Crippen LogP contribution in [0.4, 0.5) is 0 Å². The molecule has 0 unspecified atom stereocenters. The third-order valence-electron chi connectivity index (χ3n) is 3.42. The van der Waals surface area contributed by atoms with Crippen molar-refractivity contribution >= 4 is 22.6 Å². The zero-order chi connectivity index (χ0) is 15.2. The molecule has 3 aromatic rings. The van der Waals surface area contributed by atoms with Crippen molar-refractivity contribution in [3.05, 3.63) is 46.9 Å². The number of furan rings is 1. The maximum atomic E-state index is 6.28. The van der Waals surface area contributed by atoms with Crippen LogP contribution in [0.25, 0.3) is 22.4 Å². The number of aromatic nitrogens is 2. The number of nitrogens with zero attached hydrogens (tertiary/aromatic N) is 2. The third-order valence-corrected chi connectivity index (χ3v) is 3.78. The van der Waals surface area contributed by atoms with Gasteiger partial charge in [-0.2, -0.15) is 0 Å². The quantitative estimate of drug-likeness (QED) is 0.583. The average Bonchev–Trinajstić information content (AvgIpc) is 2.84. The van der Waals surface area contributed by atoms with Crippen LogP contribution in [0.15, 0.2) is 34.7 Å². The monoisotopic (exact) mass is 300 g/mol. The molecule has 0 radical (unpaired) electrons. The van der Waals surface area contributed by atoms with Crippen LogP contribution < -0.4 is 0 Å². The van der Waals surface area contributed by atoms with Gasteiger partial charge in [-0.05, 0) is 19.1 Å². The molecule has 0 aliphatic heterocycles. The normalized spacial score (nSPS) is 12.0. The van der Waals surface area contributed by atoms with E-state index in [1.165, 1.54) is 0 Å². The smallest absolute Gasteiger partial charge is 0.154 e. The number of rotatable bonds is 1. The van der Waals surface area contributed by atoms with E-state index in [1.807, 2.05) is 37.3 Å². The van der Waals surface area contributed by atoms with Gasteiger partial charge < -0.3 is 4.42 Å². The Morgan fingerprint density at radius 1 is 1.10 bits per heavy atom. The first-order valence-corrected chi connectivity index (χ1v) is 7.27. The summed E-state index contributed by atoms with van der Waals surface area (Å²) in [7, 11) is 0. The Hall–Kier alpha value is -1.87. The number of hydrogen-bond acceptors (Lipinski definition) is 3. The van der Waals surface area contributed by atoms with Gasteiger partial charge in [0.15, 0.2) is 5.76 Å². The predicted octanol–water partition coefficient (Wildman–Crippen LogP) is 5.15. The molecular weight excluding hydrogens is 284 g/mol. The molecule has 0 spiro atoms. The summed E-state index contributed by atoms with van der Waals surface area (Å²) in [6.07, 6.45) is 0. The largest absolute Gasteiger partial charge is 0.454 e. The van der Waals surface area contributed by atoms with E-state index in [2.05, 4.69) is 30.7 Å². The lowest BCUT2D eigenvalue weighted by atomic mass is 9.95. The Balaban J connectivity index is 2.23. The van der Waals surface area contributed by atoms with Gasteiger partial charge in [-0.1, -0.05) is 50.6 Å². The predicted molar refractivity (Wildman–Crippen MR) is 85.7 cm³/mol. The van der Waals surface area contributed by atoms with E-state index < -0.39 is 0 Å². The Morgan fingerprint density at radius 2 is 1.81 bits per heavy atom. The van der Waals surface area contributed by atoms with E-state index in [0.29, 0.717) is 11.0 Å². The first kappa shape index (κ1) is 14.1. The molecule has 1 aromatic carbocycles. The summed E-state index contributed by atoms with van der Waals surface area (Å²) >= 11 is 6.28. The SMILES string of the molecule is Cc1c(Cl)nc(C(C)(C)C)nc1-c1cc2ccccc2o1. The maximum absolute atomic E-state index is 6.28. The summed E-state index contributed by atoms with van der Waals surface area (Å²) in [4.78, 5) is 9.08. The van der Waals surface area contributed by atoms with Gasteiger partial charge in [-0.15, -0.1) is 0 Å². The maximum Gasteiger partial charge on any atom is 0.154 e. The van der Waals surface area contributed by atoms with Crippen LogP contribution in [0.3, 0.4) is 0 Å². The van der Waals surface area contributed by atoms with Gasteiger partial charge in [0.2, 0.25) is 0 Å². The summed E-state index contributed by atoms with van der Waals surface area (Å²) in [6.45, 7) is 8.11. The molecule has 4 heteroatoms. The zero-order valence-corrected chi connectivity index (χ0v) is 13.3. The molecule has 2 heterocycles. The molecule has 0 N–H and O–H groups in total. The lowest BCUT2D eigenvalue weighted by Gasteiger charge is -2.18. The van der Waals surface area contributed by atoms with Crippen molar-refractivity contribution in [1.82, 2.24) is 9.97 Å². The van der Waals surface area contributed by atoms with E-state index in [9.17, 15) is 0 Å². The standard InChI is InChI=1S/C17H17ClN2O/c1-10-14(19-16(17(2,3)4)20-15(10)18)13-9-11-7-5-6-8-12(11)21-13/h5-9H,1-4H3. The summed E-state index contributed by atoms with van der Waals surface area (Å²) in [5, 5.41) is 1.53. The van der Waals surface area contributed by atoms with E-state index in [-0.39, 0.29) is 5.41 Å². The van der Waals surface area contributed by atoms with Gasteiger partial charge in [-0.3, -0.25) is 0 Å². The fourth-order valence-electron chi connectivity index (χ4n) is 2.16. The van der Waals surface area contributed by atoms with E-state index in [0.717, 1.165) is 28.0 Å². The molecule has 0 bridgehead atoms. The molecule has 3 rings (SSSR count). The number of fused-ring (bicyclic) bond motifs is 1. The second-order valence-electron chi connectivity index (χ2n) is 6.21. The summed E-state index contributed by atoms with van der Waals surface area (Å²) in [5.41, 5.74) is 2.27. The zero-order valence-electron chi connectivity index (χ0n) is 12.6. The van der Waals surface area contributed by atoms with E-state index in [4.69, 9.17) is 16.0 Å². The summed E-state index contributed by atoms with van der Waals surface area (Å²) in [6, 6.07) is 9.90. The lowest BCUT2D eigenvalue weighted by molar-refractivity contribution is 0.543. The molecule has 0 aliphatic rings. The third kappa shape index (κ3) is 2.54. The summed E-state index contributed by atoms with van der Waals surface area (Å²) in [5.74, 6) is 1.44. The van der Waals surface area contributed by atoms with Crippen molar-refractivity contribution < 1.29 is 4.42 Å². The highest BCUT2D eigenvalue weighted by atomic mass is 35.5. The molecule has 108 valence electrons. The first-order chi connectivity index (χ1) is 9.86. The average molecular weight is 301 g/mol. The Bertz CT molecular complexity index is 782. The van der Waals surface area contributed by atoms with Crippen LogP contribution in [-0.4, -0.2) is 9.97 Å². The highest BCUT2D eigenvalue weighted by Crippen LogP contribution is 2.32. The molecule has 0 fully saturated rings. The molecule has 2 aromatic heterocycles. The fourth-order valence-corrected chi connectivity index (χ4v) is 2.33. The van der Waals surface area contributed by atoms with Gasteiger partial charge in [0, 0.05) is 16.4 Å². The van der Waals surface area contributed by atoms with Crippen molar-refractivity contribution in [2.24, 2.45) is 0 Å². The minimum atomic E-state index is -0.169. The molecular formula is C17H17ClN2O. The second-order valence-corrected chi connectivity index (χ2v) is 6.57. The molecule has 0 atom stereocenters. The van der Waals surface area contributed by atoms with Crippen LogP contribution in [-0.2, 0) is 5.41 Å². The minimum absolute atomic E-state index is 0.169. The van der Waals surface area contributed by atoms with E-state index in [1.54, 1.807) is 0 Å². The molecule has 0 saturated carbocycles. The number of benzene rings is 1. The van der Waals surface area contributed by atoms with Crippen LogP contribution >= 0.6 is 11.6 Å². The lowest BCUT2D eigenvalue weighted by Crippen LogP contribution is -2.17. The van der Waals surface area contributed by atoms with Gasteiger partial charge in [0.05, 0.1) is 0 Å². The van der Waals surface area contributed by atoms with Gasteiger partial charge in [-0.25, -0.2) is 9.97 Å². The van der Waals surface area contributed by atoms with Crippen molar-refractivity contribution in [3.8, 4) is 11.5 Å². The van der Waals surface area contributed by atoms with E-state index >= 15 is 0 Å². The highest BCUT2D eigenvalue weighted by molar-refractivity contribution is 6.30. The second kappa shape index (κ2) is 4.85.